The molecule has 0 amide bonds. The minimum absolute atomic E-state index is 0.173. The van der Waals surface area contributed by atoms with Crippen molar-refractivity contribution in [3.05, 3.63) is 11.6 Å². The van der Waals surface area contributed by atoms with Gasteiger partial charge in [-0.3, -0.25) is 0 Å². The lowest BCUT2D eigenvalue weighted by atomic mass is 9.65. The topological polar surface area (TPSA) is 29.5 Å². The van der Waals surface area contributed by atoms with Crippen LogP contribution in [-0.4, -0.2) is 22.9 Å². The van der Waals surface area contributed by atoms with Crippen molar-refractivity contribution < 1.29 is 9.84 Å². The van der Waals surface area contributed by atoms with E-state index in [-0.39, 0.29) is 11.0 Å². The molecule has 1 saturated carbocycles. The third kappa shape index (κ3) is 1.15. The first kappa shape index (κ1) is 10.8. The van der Waals surface area contributed by atoms with Crippen LogP contribution < -0.4 is 0 Å². The number of ether oxygens (including phenoxy) is 1. The summed E-state index contributed by atoms with van der Waals surface area (Å²) in [6, 6.07) is 0. The maximum Gasteiger partial charge on any atom is 0.119 e. The highest BCUT2D eigenvalue weighted by atomic mass is 16.5. The van der Waals surface area contributed by atoms with Crippen molar-refractivity contribution in [1.29, 1.82) is 0 Å². The van der Waals surface area contributed by atoms with Crippen molar-refractivity contribution in [2.75, 3.05) is 6.61 Å². The molecule has 1 heterocycles. The fraction of sp³-hybridized carbons (Fsp3) is 0.857. The van der Waals surface area contributed by atoms with Gasteiger partial charge >= 0.3 is 0 Å². The number of hydrogen-bond acceptors (Lipinski definition) is 2. The second-order valence-corrected chi connectivity index (χ2v) is 6.66. The highest BCUT2D eigenvalue weighted by molar-refractivity contribution is 5.38. The van der Waals surface area contributed by atoms with E-state index in [9.17, 15) is 5.11 Å². The molecule has 0 aromatic rings. The summed E-state index contributed by atoms with van der Waals surface area (Å²) in [6.45, 7) is 7.50. The summed E-state index contributed by atoms with van der Waals surface area (Å²) in [6.07, 6.45) is 6.14. The van der Waals surface area contributed by atoms with Gasteiger partial charge in [0.05, 0.1) is 12.2 Å². The Hall–Kier alpha value is -0.340. The van der Waals surface area contributed by atoms with E-state index in [1.54, 1.807) is 0 Å². The first-order valence-electron chi connectivity index (χ1n) is 6.48. The molecule has 1 saturated heterocycles. The Bertz CT molecular complexity index is 358. The smallest absolute Gasteiger partial charge is 0.119 e. The average Bonchev–Trinajstić information content (AvgIpc) is 2.63. The summed E-state index contributed by atoms with van der Waals surface area (Å²) in [5.41, 5.74) is 0.628. The fourth-order valence-electron chi connectivity index (χ4n) is 4.11. The van der Waals surface area contributed by atoms with Gasteiger partial charge in [-0.05, 0) is 36.2 Å². The van der Waals surface area contributed by atoms with Gasteiger partial charge in [0.15, 0.2) is 0 Å². The number of allylic oxidation sites excluding steroid dienone is 1. The van der Waals surface area contributed by atoms with Gasteiger partial charge in [-0.25, -0.2) is 0 Å². The molecule has 0 radical (unpaired) electrons. The first-order valence-corrected chi connectivity index (χ1v) is 6.48. The van der Waals surface area contributed by atoms with Gasteiger partial charge in [-0.2, -0.15) is 0 Å². The SMILES string of the molecule is C[C@H]1CC[C@@]2(O)CCO[C@]23CC(C)(C)C=C13. The zero-order valence-corrected chi connectivity index (χ0v) is 10.5. The van der Waals surface area contributed by atoms with Crippen LogP contribution >= 0.6 is 0 Å². The van der Waals surface area contributed by atoms with Gasteiger partial charge in [0.2, 0.25) is 0 Å². The van der Waals surface area contributed by atoms with Gasteiger partial charge in [0, 0.05) is 6.42 Å². The van der Waals surface area contributed by atoms with E-state index in [1.807, 2.05) is 0 Å². The van der Waals surface area contributed by atoms with E-state index < -0.39 is 5.60 Å². The van der Waals surface area contributed by atoms with E-state index in [0.29, 0.717) is 5.92 Å². The van der Waals surface area contributed by atoms with Crippen LogP contribution in [0, 0.1) is 11.3 Å². The van der Waals surface area contributed by atoms with Crippen molar-refractivity contribution in [2.24, 2.45) is 11.3 Å². The molecule has 0 unspecified atom stereocenters. The molecule has 2 aliphatic carbocycles. The molecule has 0 aromatic carbocycles. The van der Waals surface area contributed by atoms with Gasteiger partial charge in [-0.15, -0.1) is 0 Å². The Morgan fingerprint density at radius 2 is 2.12 bits per heavy atom. The Balaban J connectivity index is 2.11. The van der Waals surface area contributed by atoms with Crippen LogP contribution in [0.25, 0.3) is 0 Å². The Morgan fingerprint density at radius 1 is 1.38 bits per heavy atom. The molecule has 90 valence electrons. The first-order chi connectivity index (χ1) is 7.39. The van der Waals surface area contributed by atoms with Crippen LogP contribution in [-0.2, 0) is 4.74 Å². The zero-order valence-electron chi connectivity index (χ0n) is 10.5. The lowest BCUT2D eigenvalue weighted by Gasteiger charge is -2.47. The molecule has 2 fully saturated rings. The average molecular weight is 222 g/mol. The van der Waals surface area contributed by atoms with E-state index in [1.165, 1.54) is 5.57 Å². The van der Waals surface area contributed by atoms with Crippen molar-refractivity contribution in [2.45, 2.75) is 57.7 Å². The third-order valence-electron chi connectivity index (χ3n) is 4.85. The minimum Gasteiger partial charge on any atom is -0.386 e. The second kappa shape index (κ2) is 2.91. The lowest BCUT2D eigenvalue weighted by Crippen LogP contribution is -2.55. The third-order valence-corrected chi connectivity index (χ3v) is 4.85. The van der Waals surface area contributed by atoms with Crippen molar-refractivity contribution in [1.82, 2.24) is 0 Å². The van der Waals surface area contributed by atoms with E-state index >= 15 is 0 Å². The molecule has 16 heavy (non-hydrogen) atoms. The molecule has 3 aliphatic rings. The predicted molar refractivity (Wildman–Crippen MR) is 63.1 cm³/mol. The molecule has 0 aromatic heterocycles. The molecule has 3 atom stereocenters. The van der Waals surface area contributed by atoms with Crippen LogP contribution in [0.15, 0.2) is 11.6 Å². The minimum atomic E-state index is -0.584. The maximum atomic E-state index is 10.9. The van der Waals surface area contributed by atoms with Gasteiger partial charge < -0.3 is 9.84 Å². The Morgan fingerprint density at radius 3 is 2.88 bits per heavy atom. The summed E-state index contributed by atoms with van der Waals surface area (Å²) < 4.78 is 6.06. The van der Waals surface area contributed by atoms with Crippen molar-refractivity contribution in [3.8, 4) is 0 Å². The highest BCUT2D eigenvalue weighted by Gasteiger charge is 2.64. The normalized spacial score (nSPS) is 49.8. The summed E-state index contributed by atoms with van der Waals surface area (Å²) in [7, 11) is 0. The van der Waals surface area contributed by atoms with E-state index in [2.05, 4.69) is 26.8 Å². The van der Waals surface area contributed by atoms with Crippen LogP contribution in [0.2, 0.25) is 0 Å². The van der Waals surface area contributed by atoms with Crippen molar-refractivity contribution >= 4 is 0 Å². The van der Waals surface area contributed by atoms with Crippen LogP contribution in [0.5, 0.6) is 0 Å². The monoisotopic (exact) mass is 222 g/mol. The van der Waals surface area contributed by atoms with Crippen LogP contribution in [0.3, 0.4) is 0 Å². The standard InChI is InChI=1S/C14H22O2/c1-10-4-5-13(15)6-7-16-14(13)9-12(2,3)8-11(10)14/h8,10,15H,4-7,9H2,1-3H3/t10-,13+,14-/m0/s1. The molecule has 1 aliphatic heterocycles. The molecule has 2 heteroatoms. The molecule has 3 rings (SSSR count). The molecular formula is C14H22O2. The molecule has 1 spiro atoms. The van der Waals surface area contributed by atoms with Gasteiger partial charge in [0.25, 0.3) is 0 Å². The molecular weight excluding hydrogens is 200 g/mol. The van der Waals surface area contributed by atoms with E-state index in [0.717, 1.165) is 32.3 Å². The summed E-state index contributed by atoms with van der Waals surface area (Å²) in [5.74, 6) is 0.570. The Kier molecular flexibility index (Phi) is 1.96. The maximum absolute atomic E-state index is 10.9. The second-order valence-electron chi connectivity index (χ2n) is 6.66. The summed E-state index contributed by atoms with van der Waals surface area (Å²) in [4.78, 5) is 0. The van der Waals surface area contributed by atoms with Crippen LogP contribution in [0.1, 0.15) is 46.5 Å². The van der Waals surface area contributed by atoms with E-state index in [4.69, 9.17) is 4.74 Å². The van der Waals surface area contributed by atoms with Gasteiger partial charge in [-0.1, -0.05) is 26.8 Å². The van der Waals surface area contributed by atoms with Gasteiger partial charge in [0.1, 0.15) is 5.60 Å². The summed E-state index contributed by atoms with van der Waals surface area (Å²) in [5, 5.41) is 10.9. The molecule has 0 bridgehead atoms. The fourth-order valence-corrected chi connectivity index (χ4v) is 4.11. The molecule has 2 nitrogen and oxygen atoms in total. The largest absolute Gasteiger partial charge is 0.386 e. The lowest BCUT2D eigenvalue weighted by molar-refractivity contribution is -0.125. The number of hydrogen-bond donors (Lipinski definition) is 1. The Labute approximate surface area is 97.7 Å². The number of rotatable bonds is 0. The summed E-state index contributed by atoms with van der Waals surface area (Å²) >= 11 is 0. The van der Waals surface area contributed by atoms with Crippen molar-refractivity contribution in [3.63, 3.8) is 0 Å². The highest BCUT2D eigenvalue weighted by Crippen LogP contribution is 2.60. The predicted octanol–water partition coefficient (Wildman–Crippen LogP) is 2.66. The number of aliphatic hydroxyl groups is 1. The quantitative estimate of drug-likeness (QED) is 0.638. The molecule has 1 N–H and O–H groups in total. The van der Waals surface area contributed by atoms with Crippen LogP contribution in [0.4, 0.5) is 0 Å². The zero-order chi connectivity index (χ0) is 11.6.